The van der Waals surface area contributed by atoms with E-state index in [0.717, 1.165) is 27.3 Å². The van der Waals surface area contributed by atoms with Crippen molar-refractivity contribution in [2.75, 3.05) is 0 Å². The van der Waals surface area contributed by atoms with Crippen LogP contribution in [0.25, 0.3) is 0 Å². The summed E-state index contributed by atoms with van der Waals surface area (Å²) in [5.41, 5.74) is 9.93. The van der Waals surface area contributed by atoms with E-state index < -0.39 is 0 Å². The monoisotopic (exact) mass is 263 g/mol. The Labute approximate surface area is 111 Å². The smallest absolute Gasteiger partial charge is 0.123 e. The van der Waals surface area contributed by atoms with Crippen LogP contribution in [0.15, 0.2) is 36.4 Å². The summed E-state index contributed by atoms with van der Waals surface area (Å²) in [5, 5.41) is 0.725. The molecule has 0 aromatic heterocycles. The van der Waals surface area contributed by atoms with Crippen molar-refractivity contribution in [1.82, 2.24) is 0 Å². The van der Waals surface area contributed by atoms with Gasteiger partial charge in [0.1, 0.15) is 5.82 Å². The minimum Gasteiger partial charge on any atom is -0.320 e. The van der Waals surface area contributed by atoms with E-state index in [1.165, 1.54) is 12.1 Å². The fourth-order valence-electron chi connectivity index (χ4n) is 2.02. The van der Waals surface area contributed by atoms with Crippen molar-refractivity contribution in [2.24, 2.45) is 5.73 Å². The van der Waals surface area contributed by atoms with Gasteiger partial charge in [0.15, 0.2) is 0 Å². The Morgan fingerprint density at radius 3 is 2.50 bits per heavy atom. The summed E-state index contributed by atoms with van der Waals surface area (Å²) in [6, 6.07) is 9.90. The average Bonchev–Trinajstić information content (AvgIpc) is 2.33. The number of aryl methyl sites for hydroxylation is 2. The van der Waals surface area contributed by atoms with Crippen LogP contribution in [0.3, 0.4) is 0 Å². The molecule has 2 N–H and O–H groups in total. The van der Waals surface area contributed by atoms with Gasteiger partial charge in [0, 0.05) is 5.02 Å². The first kappa shape index (κ1) is 13.1. The predicted octanol–water partition coefficient (Wildman–Crippen LogP) is 4.14. The highest BCUT2D eigenvalue weighted by Crippen LogP contribution is 2.27. The summed E-state index contributed by atoms with van der Waals surface area (Å²) in [7, 11) is 0. The van der Waals surface area contributed by atoms with Crippen LogP contribution >= 0.6 is 11.6 Å². The standard InChI is InChI=1S/C15H15ClFN/c1-9-7-14(16)10(2)6-13(9)15(18)11-4-3-5-12(17)8-11/h3-8,15H,18H2,1-2H3. The zero-order valence-electron chi connectivity index (χ0n) is 10.4. The molecule has 0 aliphatic rings. The lowest BCUT2D eigenvalue weighted by Crippen LogP contribution is -2.13. The van der Waals surface area contributed by atoms with Crippen LogP contribution in [-0.4, -0.2) is 0 Å². The average molecular weight is 264 g/mol. The van der Waals surface area contributed by atoms with E-state index in [9.17, 15) is 4.39 Å². The molecule has 0 bridgehead atoms. The fourth-order valence-corrected chi connectivity index (χ4v) is 2.24. The van der Waals surface area contributed by atoms with Crippen LogP contribution in [0, 0.1) is 19.7 Å². The highest BCUT2D eigenvalue weighted by atomic mass is 35.5. The third-order valence-corrected chi connectivity index (χ3v) is 3.50. The third kappa shape index (κ3) is 2.55. The van der Waals surface area contributed by atoms with Gasteiger partial charge in [0.2, 0.25) is 0 Å². The molecule has 3 heteroatoms. The molecule has 1 nitrogen and oxygen atoms in total. The maximum absolute atomic E-state index is 13.2. The summed E-state index contributed by atoms with van der Waals surface area (Å²) in [5.74, 6) is -0.272. The summed E-state index contributed by atoms with van der Waals surface area (Å²) < 4.78 is 13.2. The number of hydrogen-bond donors (Lipinski definition) is 1. The second-order valence-electron chi connectivity index (χ2n) is 4.49. The minimum atomic E-state index is -0.336. The molecule has 0 amide bonds. The molecule has 1 unspecified atom stereocenters. The fraction of sp³-hybridized carbons (Fsp3) is 0.200. The molecule has 2 aromatic carbocycles. The third-order valence-electron chi connectivity index (χ3n) is 3.09. The predicted molar refractivity (Wildman–Crippen MR) is 73.4 cm³/mol. The minimum absolute atomic E-state index is 0.272. The molecule has 0 fully saturated rings. The van der Waals surface area contributed by atoms with Crippen LogP contribution < -0.4 is 5.73 Å². The lowest BCUT2D eigenvalue weighted by atomic mass is 9.94. The molecule has 2 rings (SSSR count). The van der Waals surface area contributed by atoms with Gasteiger partial charge in [-0.3, -0.25) is 0 Å². The Balaban J connectivity index is 2.46. The van der Waals surface area contributed by atoms with Crippen LogP contribution in [0.5, 0.6) is 0 Å². The van der Waals surface area contributed by atoms with E-state index in [-0.39, 0.29) is 11.9 Å². The van der Waals surface area contributed by atoms with Gasteiger partial charge in [-0.05, 0) is 54.3 Å². The largest absolute Gasteiger partial charge is 0.320 e. The van der Waals surface area contributed by atoms with Gasteiger partial charge in [0.25, 0.3) is 0 Å². The molecule has 0 saturated heterocycles. The number of rotatable bonds is 2. The van der Waals surface area contributed by atoms with Gasteiger partial charge in [-0.2, -0.15) is 0 Å². The summed E-state index contributed by atoms with van der Waals surface area (Å²) in [6.45, 7) is 3.89. The van der Waals surface area contributed by atoms with Gasteiger partial charge in [-0.15, -0.1) is 0 Å². The molecule has 0 aliphatic heterocycles. The zero-order valence-corrected chi connectivity index (χ0v) is 11.1. The number of benzene rings is 2. The Bertz CT molecular complexity index is 581. The molecular weight excluding hydrogens is 249 g/mol. The van der Waals surface area contributed by atoms with Crippen molar-refractivity contribution in [3.63, 3.8) is 0 Å². The summed E-state index contributed by atoms with van der Waals surface area (Å²) in [6.07, 6.45) is 0. The van der Waals surface area contributed by atoms with E-state index in [0.29, 0.717) is 0 Å². The van der Waals surface area contributed by atoms with Gasteiger partial charge >= 0.3 is 0 Å². The number of nitrogens with two attached hydrogens (primary N) is 1. The first-order chi connectivity index (χ1) is 8.49. The number of halogens is 2. The molecule has 94 valence electrons. The van der Waals surface area contributed by atoms with Crippen molar-refractivity contribution in [1.29, 1.82) is 0 Å². The molecule has 0 spiro atoms. The lowest BCUT2D eigenvalue weighted by molar-refractivity contribution is 0.623. The topological polar surface area (TPSA) is 26.0 Å². The molecule has 0 saturated carbocycles. The first-order valence-corrected chi connectivity index (χ1v) is 6.14. The van der Waals surface area contributed by atoms with E-state index in [4.69, 9.17) is 17.3 Å². The quantitative estimate of drug-likeness (QED) is 0.866. The maximum Gasteiger partial charge on any atom is 0.123 e. The van der Waals surface area contributed by atoms with Gasteiger partial charge in [-0.25, -0.2) is 4.39 Å². The highest BCUT2D eigenvalue weighted by Gasteiger charge is 2.13. The van der Waals surface area contributed by atoms with Gasteiger partial charge in [0.05, 0.1) is 6.04 Å². The summed E-state index contributed by atoms with van der Waals surface area (Å²) >= 11 is 6.06. The van der Waals surface area contributed by atoms with E-state index in [1.54, 1.807) is 6.07 Å². The van der Waals surface area contributed by atoms with Crippen molar-refractivity contribution >= 4 is 11.6 Å². The van der Waals surface area contributed by atoms with E-state index >= 15 is 0 Å². The molecule has 18 heavy (non-hydrogen) atoms. The Kier molecular flexibility index (Phi) is 3.69. The molecule has 2 aromatic rings. The Hall–Kier alpha value is -1.38. The first-order valence-electron chi connectivity index (χ1n) is 5.76. The normalized spacial score (nSPS) is 12.5. The van der Waals surface area contributed by atoms with Crippen molar-refractivity contribution < 1.29 is 4.39 Å². The van der Waals surface area contributed by atoms with Gasteiger partial charge in [-0.1, -0.05) is 29.8 Å². The van der Waals surface area contributed by atoms with Crippen LogP contribution in [0.2, 0.25) is 5.02 Å². The Morgan fingerprint density at radius 1 is 1.11 bits per heavy atom. The second kappa shape index (κ2) is 5.09. The van der Waals surface area contributed by atoms with Gasteiger partial charge < -0.3 is 5.73 Å². The molecule has 0 heterocycles. The highest BCUT2D eigenvalue weighted by molar-refractivity contribution is 6.31. The van der Waals surface area contributed by atoms with E-state index in [2.05, 4.69) is 0 Å². The SMILES string of the molecule is Cc1cc(C(N)c2cccc(F)c2)c(C)cc1Cl. The molecular formula is C15H15ClFN. The number of hydrogen-bond acceptors (Lipinski definition) is 1. The van der Waals surface area contributed by atoms with Crippen molar-refractivity contribution in [3.8, 4) is 0 Å². The maximum atomic E-state index is 13.2. The second-order valence-corrected chi connectivity index (χ2v) is 4.90. The molecule has 1 atom stereocenters. The van der Waals surface area contributed by atoms with Crippen LogP contribution in [0.4, 0.5) is 4.39 Å². The van der Waals surface area contributed by atoms with Crippen molar-refractivity contribution in [2.45, 2.75) is 19.9 Å². The molecule has 0 radical (unpaired) electrons. The van der Waals surface area contributed by atoms with Crippen molar-refractivity contribution in [3.05, 3.63) is 69.5 Å². The zero-order chi connectivity index (χ0) is 13.3. The van der Waals surface area contributed by atoms with E-state index in [1.807, 2.05) is 32.0 Å². The lowest BCUT2D eigenvalue weighted by Gasteiger charge is -2.17. The van der Waals surface area contributed by atoms with Crippen LogP contribution in [0.1, 0.15) is 28.3 Å². The Morgan fingerprint density at radius 2 is 1.83 bits per heavy atom. The van der Waals surface area contributed by atoms with Crippen LogP contribution in [-0.2, 0) is 0 Å². The summed E-state index contributed by atoms with van der Waals surface area (Å²) in [4.78, 5) is 0. The molecule has 0 aliphatic carbocycles.